The predicted molar refractivity (Wildman–Crippen MR) is 121 cm³/mol. The second kappa shape index (κ2) is 9.07. The Morgan fingerprint density at radius 3 is 2.84 bits per heavy atom. The molecule has 3 aromatic rings. The molecule has 6 heteroatoms. The Hall–Kier alpha value is -3.56. The minimum absolute atomic E-state index is 0.0617. The molecule has 4 N–H and O–H groups in total. The number of hydrogen-bond acceptors (Lipinski definition) is 6. The molecule has 0 bridgehead atoms. The highest BCUT2D eigenvalue weighted by molar-refractivity contribution is 5.76. The van der Waals surface area contributed by atoms with E-state index in [2.05, 4.69) is 16.4 Å². The quantitative estimate of drug-likeness (QED) is 0.576. The van der Waals surface area contributed by atoms with E-state index in [0.717, 1.165) is 42.6 Å². The molecule has 4 rings (SSSR count). The minimum atomic E-state index is 0.0617. The molecule has 6 nitrogen and oxygen atoms in total. The molecule has 1 aliphatic heterocycles. The third-order valence-corrected chi connectivity index (χ3v) is 5.83. The van der Waals surface area contributed by atoms with Gasteiger partial charge in [0, 0.05) is 6.54 Å². The number of nitrogens with zero attached hydrogens (tertiary/aromatic N) is 2. The fourth-order valence-electron chi connectivity index (χ4n) is 4.10. The summed E-state index contributed by atoms with van der Waals surface area (Å²) in [4.78, 5) is 4.46. The van der Waals surface area contributed by atoms with Gasteiger partial charge in [-0.1, -0.05) is 30.3 Å². The molecule has 31 heavy (non-hydrogen) atoms. The summed E-state index contributed by atoms with van der Waals surface area (Å²) in [6.07, 6.45) is 2.01. The zero-order valence-electron chi connectivity index (χ0n) is 17.6. The number of nitrogen functional groups attached to an aromatic ring is 1. The van der Waals surface area contributed by atoms with E-state index >= 15 is 0 Å². The van der Waals surface area contributed by atoms with Crippen LogP contribution in [0.5, 0.6) is 11.5 Å². The number of piperidine rings is 1. The average Bonchev–Trinajstić information content (AvgIpc) is 2.78. The van der Waals surface area contributed by atoms with Crippen molar-refractivity contribution in [2.75, 3.05) is 18.8 Å². The van der Waals surface area contributed by atoms with Crippen LogP contribution in [-0.2, 0) is 6.61 Å². The van der Waals surface area contributed by atoms with Crippen LogP contribution in [0.25, 0.3) is 11.3 Å². The minimum Gasteiger partial charge on any atom is -0.507 e. The van der Waals surface area contributed by atoms with Crippen molar-refractivity contribution in [1.29, 1.82) is 5.26 Å². The van der Waals surface area contributed by atoms with Gasteiger partial charge in [-0.2, -0.15) is 5.26 Å². The van der Waals surface area contributed by atoms with Gasteiger partial charge < -0.3 is 20.9 Å². The highest BCUT2D eigenvalue weighted by Crippen LogP contribution is 2.40. The molecule has 0 saturated carbocycles. The molecule has 1 aliphatic rings. The first-order chi connectivity index (χ1) is 15.1. The lowest BCUT2D eigenvalue weighted by atomic mass is 9.88. The van der Waals surface area contributed by atoms with Crippen LogP contribution in [0, 0.1) is 18.3 Å². The average molecular weight is 415 g/mol. The Bertz CT molecular complexity index is 1130. The Morgan fingerprint density at radius 2 is 2.10 bits per heavy atom. The van der Waals surface area contributed by atoms with E-state index in [-0.39, 0.29) is 17.5 Å². The van der Waals surface area contributed by atoms with Gasteiger partial charge in [0.15, 0.2) is 0 Å². The maximum atomic E-state index is 10.7. The van der Waals surface area contributed by atoms with E-state index in [4.69, 9.17) is 10.5 Å². The van der Waals surface area contributed by atoms with Crippen molar-refractivity contribution < 1.29 is 9.84 Å². The maximum Gasteiger partial charge on any atom is 0.142 e. The van der Waals surface area contributed by atoms with Crippen LogP contribution in [0.15, 0.2) is 48.5 Å². The van der Waals surface area contributed by atoms with E-state index in [0.29, 0.717) is 29.2 Å². The zero-order chi connectivity index (χ0) is 21.8. The van der Waals surface area contributed by atoms with E-state index in [1.165, 1.54) is 0 Å². The number of nitrogens with one attached hydrogen (secondary N) is 1. The molecule has 2 heterocycles. The van der Waals surface area contributed by atoms with E-state index in [1.54, 1.807) is 12.1 Å². The number of aromatic nitrogens is 1. The number of benzene rings is 2. The number of ether oxygens (including phenoxy) is 1. The molecule has 2 aromatic carbocycles. The van der Waals surface area contributed by atoms with Gasteiger partial charge in [-0.25, -0.2) is 4.98 Å². The summed E-state index contributed by atoms with van der Waals surface area (Å²) in [5, 5.41) is 23.7. The number of phenols is 1. The molecule has 0 aliphatic carbocycles. The van der Waals surface area contributed by atoms with Crippen molar-refractivity contribution in [3.63, 3.8) is 0 Å². The summed E-state index contributed by atoms with van der Waals surface area (Å²) in [6, 6.07) is 17.3. The largest absolute Gasteiger partial charge is 0.507 e. The third kappa shape index (κ3) is 4.32. The first kappa shape index (κ1) is 20.7. The molecule has 1 atom stereocenters. The number of hydrogen-bond donors (Lipinski definition) is 3. The van der Waals surface area contributed by atoms with Gasteiger partial charge in [0.05, 0.1) is 16.8 Å². The first-order valence-electron chi connectivity index (χ1n) is 10.5. The SMILES string of the molecule is Cc1ccccc1COc1cccc(O)c1-c1cc(C2CCCNC2)c(C#N)c(N)n1. The Labute approximate surface area is 182 Å². The number of anilines is 1. The molecule has 1 fully saturated rings. The van der Waals surface area contributed by atoms with Gasteiger partial charge in [-0.05, 0) is 67.1 Å². The Kier molecular flexibility index (Phi) is 6.06. The summed E-state index contributed by atoms with van der Waals surface area (Å²) >= 11 is 0. The van der Waals surface area contributed by atoms with Crippen molar-refractivity contribution in [3.05, 3.63) is 70.8 Å². The highest BCUT2D eigenvalue weighted by atomic mass is 16.5. The second-order valence-corrected chi connectivity index (χ2v) is 7.88. The molecular formula is C25H26N4O2. The second-order valence-electron chi connectivity index (χ2n) is 7.88. The lowest BCUT2D eigenvalue weighted by Gasteiger charge is -2.25. The summed E-state index contributed by atoms with van der Waals surface area (Å²) < 4.78 is 6.10. The lowest BCUT2D eigenvalue weighted by molar-refractivity contribution is 0.305. The summed E-state index contributed by atoms with van der Waals surface area (Å²) in [6.45, 7) is 4.17. The monoisotopic (exact) mass is 414 g/mol. The number of rotatable bonds is 5. The molecule has 0 radical (unpaired) electrons. The molecule has 0 spiro atoms. The van der Waals surface area contributed by atoms with Crippen LogP contribution >= 0.6 is 0 Å². The lowest BCUT2D eigenvalue weighted by Crippen LogP contribution is -2.29. The van der Waals surface area contributed by atoms with Crippen molar-refractivity contribution in [2.45, 2.75) is 32.3 Å². The normalized spacial score (nSPS) is 15.9. The predicted octanol–water partition coefficient (Wildman–Crippen LogP) is 4.26. The summed E-state index contributed by atoms with van der Waals surface area (Å²) in [5.41, 5.74) is 10.7. The van der Waals surface area contributed by atoms with E-state index in [1.807, 2.05) is 43.3 Å². The number of phenolic OH excluding ortho intramolecular Hbond substituents is 1. The number of pyridine rings is 1. The van der Waals surface area contributed by atoms with Gasteiger partial charge in [0.25, 0.3) is 0 Å². The third-order valence-electron chi connectivity index (χ3n) is 5.83. The van der Waals surface area contributed by atoms with Gasteiger partial charge in [-0.3, -0.25) is 0 Å². The van der Waals surface area contributed by atoms with Crippen LogP contribution in [-0.4, -0.2) is 23.2 Å². The van der Waals surface area contributed by atoms with Gasteiger partial charge in [-0.15, -0.1) is 0 Å². The zero-order valence-corrected chi connectivity index (χ0v) is 17.6. The van der Waals surface area contributed by atoms with Gasteiger partial charge in [0.1, 0.15) is 30.0 Å². The van der Waals surface area contributed by atoms with Crippen molar-refractivity contribution >= 4 is 5.82 Å². The topological polar surface area (TPSA) is 104 Å². The summed E-state index contributed by atoms with van der Waals surface area (Å²) in [5.74, 6) is 0.933. The first-order valence-corrected chi connectivity index (χ1v) is 10.5. The number of aryl methyl sites for hydroxylation is 1. The summed E-state index contributed by atoms with van der Waals surface area (Å²) in [7, 11) is 0. The van der Waals surface area contributed by atoms with Crippen molar-refractivity contribution in [1.82, 2.24) is 10.3 Å². The van der Waals surface area contributed by atoms with Crippen LogP contribution in [0.4, 0.5) is 5.82 Å². The van der Waals surface area contributed by atoms with Gasteiger partial charge in [0.2, 0.25) is 0 Å². The van der Waals surface area contributed by atoms with Crippen molar-refractivity contribution in [3.8, 4) is 28.8 Å². The van der Waals surface area contributed by atoms with Crippen molar-refractivity contribution in [2.24, 2.45) is 0 Å². The van der Waals surface area contributed by atoms with Crippen LogP contribution in [0.2, 0.25) is 0 Å². The number of nitriles is 1. The van der Waals surface area contributed by atoms with Crippen LogP contribution < -0.4 is 15.8 Å². The fourth-order valence-corrected chi connectivity index (χ4v) is 4.10. The van der Waals surface area contributed by atoms with Crippen LogP contribution in [0.3, 0.4) is 0 Å². The highest BCUT2D eigenvalue weighted by Gasteiger charge is 2.23. The van der Waals surface area contributed by atoms with Gasteiger partial charge >= 0.3 is 0 Å². The van der Waals surface area contributed by atoms with E-state index < -0.39 is 0 Å². The number of aromatic hydroxyl groups is 1. The molecular weight excluding hydrogens is 388 g/mol. The van der Waals surface area contributed by atoms with Crippen LogP contribution in [0.1, 0.15) is 41.0 Å². The molecule has 1 saturated heterocycles. The molecule has 0 amide bonds. The Balaban J connectivity index is 1.75. The molecule has 158 valence electrons. The fraction of sp³-hybridized carbons (Fsp3) is 0.280. The molecule has 1 unspecified atom stereocenters. The molecule has 1 aromatic heterocycles. The standard InChI is InChI=1S/C25H26N4O2/c1-16-6-2-3-7-18(16)15-31-23-10-4-9-22(30)24(23)21-12-19(17-8-5-11-28-14-17)20(13-26)25(27)29-21/h2-4,6-7,9-10,12,17,28,30H,5,8,11,14-15H2,1H3,(H2,27,29). The number of nitrogens with two attached hydrogens (primary N) is 1. The smallest absolute Gasteiger partial charge is 0.142 e. The van der Waals surface area contributed by atoms with E-state index in [9.17, 15) is 10.4 Å². The maximum absolute atomic E-state index is 10.7. The Morgan fingerprint density at radius 1 is 1.26 bits per heavy atom.